The average molecular weight is 518 g/mol. The maximum atomic E-state index is 13.7. The van der Waals surface area contributed by atoms with Gasteiger partial charge < -0.3 is 28.9 Å². The van der Waals surface area contributed by atoms with Crippen molar-refractivity contribution in [3.05, 3.63) is 102 Å². The quantitative estimate of drug-likeness (QED) is 0.311. The summed E-state index contributed by atoms with van der Waals surface area (Å²) in [4.78, 5) is 41.2. The summed E-state index contributed by atoms with van der Waals surface area (Å²) >= 11 is 0. The Bertz CT molecular complexity index is 1350. The van der Waals surface area contributed by atoms with Gasteiger partial charge in [-0.05, 0) is 42.0 Å². The van der Waals surface area contributed by atoms with E-state index >= 15 is 0 Å². The van der Waals surface area contributed by atoms with Crippen LogP contribution in [0, 0.1) is 0 Å². The third-order valence-electron chi connectivity index (χ3n) is 5.70. The number of benzene rings is 2. The number of nitrogens with one attached hydrogen (secondary N) is 2. The van der Waals surface area contributed by atoms with Crippen LogP contribution in [0.3, 0.4) is 0 Å². The van der Waals surface area contributed by atoms with Crippen LogP contribution < -0.4 is 25.0 Å². The van der Waals surface area contributed by atoms with Gasteiger partial charge in [0.25, 0.3) is 5.91 Å². The topological polar surface area (TPSA) is 123 Å². The molecule has 10 heteroatoms. The van der Waals surface area contributed by atoms with Crippen LogP contribution in [0.25, 0.3) is 0 Å². The van der Waals surface area contributed by atoms with Crippen molar-refractivity contribution in [2.45, 2.75) is 12.6 Å². The maximum absolute atomic E-state index is 13.7. The second-order valence-corrected chi connectivity index (χ2v) is 8.07. The van der Waals surface area contributed by atoms with Gasteiger partial charge in [-0.1, -0.05) is 30.3 Å². The molecule has 0 aliphatic heterocycles. The van der Waals surface area contributed by atoms with Crippen molar-refractivity contribution in [1.82, 2.24) is 10.6 Å². The van der Waals surface area contributed by atoms with Crippen molar-refractivity contribution in [3.8, 4) is 11.5 Å². The molecule has 38 heavy (non-hydrogen) atoms. The molecule has 0 fully saturated rings. The number of methoxy groups -OCH3 is 2. The molecule has 2 N–H and O–H groups in total. The zero-order valence-electron chi connectivity index (χ0n) is 20.9. The molecule has 196 valence electrons. The van der Waals surface area contributed by atoms with Crippen molar-refractivity contribution >= 4 is 23.4 Å². The molecule has 0 bridgehead atoms. The molecule has 0 radical (unpaired) electrons. The average Bonchev–Trinajstić information content (AvgIpc) is 3.68. The number of carbonyl (C=O) groups is 3. The SMILES string of the molecule is COc1ccc(N(C(=O)CNC(=O)c2ccco2)C(C(=O)NCc2ccco2)c2ccccc2)cc1OC. The highest BCUT2D eigenvalue weighted by Crippen LogP contribution is 2.35. The molecule has 1 atom stereocenters. The number of rotatable bonds is 11. The van der Waals surface area contributed by atoms with Gasteiger partial charge in [0.05, 0.1) is 39.8 Å². The molecule has 0 saturated heterocycles. The van der Waals surface area contributed by atoms with E-state index in [1.54, 1.807) is 60.7 Å². The summed E-state index contributed by atoms with van der Waals surface area (Å²) in [6.45, 7) is -0.277. The van der Waals surface area contributed by atoms with E-state index in [2.05, 4.69) is 10.6 Å². The molecule has 2 aromatic carbocycles. The standard InChI is InChI=1S/C28H27N3O7/c1-35-22-13-12-20(16-24(22)36-2)31(25(32)18-30-27(33)23-11-7-15-38-23)26(19-8-4-3-5-9-19)28(34)29-17-21-10-6-14-37-21/h3-16,26H,17-18H2,1-2H3,(H,29,34)(H,30,33). The Balaban J connectivity index is 1.71. The van der Waals surface area contributed by atoms with E-state index in [-0.39, 0.29) is 12.3 Å². The predicted octanol–water partition coefficient (Wildman–Crippen LogP) is 3.71. The van der Waals surface area contributed by atoms with E-state index in [0.29, 0.717) is 28.5 Å². The number of hydrogen-bond donors (Lipinski definition) is 2. The second kappa shape index (κ2) is 12.3. The van der Waals surface area contributed by atoms with Gasteiger partial charge in [-0.2, -0.15) is 0 Å². The summed E-state index contributed by atoms with van der Waals surface area (Å²) in [5, 5.41) is 5.40. The van der Waals surface area contributed by atoms with E-state index in [1.807, 2.05) is 6.07 Å². The van der Waals surface area contributed by atoms with Crippen LogP contribution in [0.4, 0.5) is 5.69 Å². The summed E-state index contributed by atoms with van der Waals surface area (Å²) < 4.78 is 21.2. The third-order valence-corrected chi connectivity index (χ3v) is 5.70. The molecule has 2 heterocycles. The van der Waals surface area contributed by atoms with Crippen LogP contribution in [0.5, 0.6) is 11.5 Å². The van der Waals surface area contributed by atoms with Crippen LogP contribution >= 0.6 is 0 Å². The zero-order chi connectivity index (χ0) is 26.9. The molecule has 0 spiro atoms. The van der Waals surface area contributed by atoms with E-state index in [1.165, 1.54) is 37.7 Å². The van der Waals surface area contributed by atoms with Gasteiger partial charge >= 0.3 is 0 Å². The van der Waals surface area contributed by atoms with Gasteiger partial charge in [0.2, 0.25) is 11.8 Å². The van der Waals surface area contributed by atoms with Gasteiger partial charge in [-0.15, -0.1) is 0 Å². The van der Waals surface area contributed by atoms with Crippen molar-refractivity contribution in [2.75, 3.05) is 25.7 Å². The predicted molar refractivity (Wildman–Crippen MR) is 138 cm³/mol. The fourth-order valence-corrected chi connectivity index (χ4v) is 3.88. The van der Waals surface area contributed by atoms with Crippen molar-refractivity contribution in [2.24, 2.45) is 0 Å². The van der Waals surface area contributed by atoms with Gasteiger partial charge in [-0.25, -0.2) is 0 Å². The van der Waals surface area contributed by atoms with Crippen molar-refractivity contribution in [3.63, 3.8) is 0 Å². The van der Waals surface area contributed by atoms with Crippen molar-refractivity contribution in [1.29, 1.82) is 0 Å². The number of anilines is 1. The lowest BCUT2D eigenvalue weighted by Gasteiger charge is -2.32. The Morgan fingerprint density at radius 3 is 2.24 bits per heavy atom. The van der Waals surface area contributed by atoms with Crippen LogP contribution in [0.1, 0.15) is 27.9 Å². The minimum Gasteiger partial charge on any atom is -0.493 e. The second-order valence-electron chi connectivity index (χ2n) is 8.07. The molecule has 0 aliphatic rings. The fourth-order valence-electron chi connectivity index (χ4n) is 3.88. The molecule has 2 aromatic heterocycles. The van der Waals surface area contributed by atoms with Crippen LogP contribution in [0.15, 0.2) is 94.2 Å². The molecule has 0 saturated carbocycles. The Hall–Kier alpha value is -4.99. The normalized spacial score (nSPS) is 11.3. The highest BCUT2D eigenvalue weighted by atomic mass is 16.5. The van der Waals surface area contributed by atoms with E-state index in [4.69, 9.17) is 18.3 Å². The Labute approximate surface area is 219 Å². The highest BCUT2D eigenvalue weighted by molar-refractivity contribution is 6.04. The number of amides is 3. The van der Waals surface area contributed by atoms with Gasteiger partial charge in [0, 0.05) is 11.8 Å². The number of nitrogens with zero attached hydrogens (tertiary/aromatic N) is 1. The first-order chi connectivity index (χ1) is 18.5. The largest absolute Gasteiger partial charge is 0.493 e. The van der Waals surface area contributed by atoms with Crippen LogP contribution in [-0.4, -0.2) is 38.5 Å². The summed E-state index contributed by atoms with van der Waals surface area (Å²) in [6, 6.07) is 19.2. The summed E-state index contributed by atoms with van der Waals surface area (Å²) in [5.74, 6) is -0.119. The zero-order valence-corrected chi connectivity index (χ0v) is 20.9. The fraction of sp³-hybridized carbons (Fsp3) is 0.179. The number of ether oxygens (including phenoxy) is 2. The third kappa shape index (κ3) is 6.04. The Morgan fingerprint density at radius 1 is 0.842 bits per heavy atom. The monoisotopic (exact) mass is 517 g/mol. The summed E-state index contributed by atoms with van der Waals surface area (Å²) in [7, 11) is 2.97. The molecule has 4 rings (SSSR count). The number of hydrogen-bond acceptors (Lipinski definition) is 7. The number of furan rings is 2. The van der Waals surface area contributed by atoms with E-state index in [9.17, 15) is 14.4 Å². The van der Waals surface area contributed by atoms with Crippen LogP contribution in [0.2, 0.25) is 0 Å². The van der Waals surface area contributed by atoms with Crippen molar-refractivity contribution < 1.29 is 32.7 Å². The van der Waals surface area contributed by atoms with E-state index < -0.39 is 30.3 Å². The van der Waals surface area contributed by atoms with Gasteiger partial charge in [0.15, 0.2) is 17.3 Å². The molecule has 10 nitrogen and oxygen atoms in total. The first kappa shape index (κ1) is 26.1. The van der Waals surface area contributed by atoms with E-state index in [0.717, 1.165) is 0 Å². The lowest BCUT2D eigenvalue weighted by Crippen LogP contribution is -2.47. The molecule has 3 amide bonds. The minimum absolute atomic E-state index is 0.0614. The Kier molecular flexibility index (Phi) is 8.45. The maximum Gasteiger partial charge on any atom is 0.287 e. The highest BCUT2D eigenvalue weighted by Gasteiger charge is 2.33. The van der Waals surface area contributed by atoms with Gasteiger partial charge in [0.1, 0.15) is 11.8 Å². The first-order valence-electron chi connectivity index (χ1n) is 11.7. The lowest BCUT2D eigenvalue weighted by molar-refractivity contribution is -0.126. The smallest absolute Gasteiger partial charge is 0.287 e. The molecule has 4 aromatic rings. The van der Waals surface area contributed by atoms with Gasteiger partial charge in [-0.3, -0.25) is 19.3 Å². The lowest BCUT2D eigenvalue weighted by atomic mass is 10.0. The number of carbonyl (C=O) groups excluding carboxylic acids is 3. The first-order valence-corrected chi connectivity index (χ1v) is 11.7. The molecule has 1 unspecified atom stereocenters. The summed E-state index contributed by atoms with van der Waals surface area (Å²) in [6.07, 6.45) is 2.87. The Morgan fingerprint density at radius 2 is 1.58 bits per heavy atom. The molecular weight excluding hydrogens is 490 g/mol. The molecule has 0 aliphatic carbocycles. The molecular formula is C28H27N3O7. The summed E-state index contributed by atoms with van der Waals surface area (Å²) in [5.41, 5.74) is 0.923. The minimum atomic E-state index is -1.09. The van der Waals surface area contributed by atoms with Crippen LogP contribution in [-0.2, 0) is 16.1 Å².